The average molecular weight is 365 g/mol. The van der Waals surface area contributed by atoms with Crippen molar-refractivity contribution in [2.75, 3.05) is 6.61 Å². The van der Waals surface area contributed by atoms with E-state index in [2.05, 4.69) is 6.92 Å². The summed E-state index contributed by atoms with van der Waals surface area (Å²) in [5, 5.41) is 9.01. The summed E-state index contributed by atoms with van der Waals surface area (Å²) in [5.74, 6) is 0.427. The van der Waals surface area contributed by atoms with Gasteiger partial charge in [-0.3, -0.25) is 0 Å². The Kier molecular flexibility index (Phi) is 12.4. The minimum absolute atomic E-state index is 0.437. The molecule has 0 spiro atoms. The van der Waals surface area contributed by atoms with Crippen molar-refractivity contribution >= 4 is 5.97 Å². The molecule has 1 aromatic rings. The molecule has 148 valence electrons. The molecule has 0 bridgehead atoms. The Morgan fingerprint density at radius 1 is 0.846 bits per heavy atom. The monoisotopic (exact) mass is 364 g/mol. The molecule has 1 rings (SSSR count). The summed E-state index contributed by atoms with van der Waals surface area (Å²) in [5.41, 5.74) is 0. The third-order valence-electron chi connectivity index (χ3n) is 4.51. The number of hydrogen-bond acceptors (Lipinski definition) is 3. The molecular formula is C22H36O4. The lowest BCUT2D eigenvalue weighted by Crippen LogP contribution is -2.25. The lowest BCUT2D eigenvalue weighted by Gasteiger charge is -2.13. The Hall–Kier alpha value is -1.71. The van der Waals surface area contributed by atoms with Gasteiger partial charge in [0.25, 0.3) is 0 Å². The summed E-state index contributed by atoms with van der Waals surface area (Å²) >= 11 is 0. The molecule has 0 amide bonds. The van der Waals surface area contributed by atoms with Crippen molar-refractivity contribution in [2.24, 2.45) is 0 Å². The van der Waals surface area contributed by atoms with Crippen LogP contribution in [0.1, 0.15) is 84.5 Å². The minimum Gasteiger partial charge on any atom is -0.494 e. The standard InChI is InChI=1S/C22H36O4/c1-3-5-6-7-8-9-10-11-12-13-18-25-19-14-16-20(17-15-19)26-21(4-2)22(23)24/h14-17,21H,3-13,18H2,1-2H3,(H,23,24). The molecular weight excluding hydrogens is 328 g/mol. The van der Waals surface area contributed by atoms with Crippen molar-refractivity contribution < 1.29 is 19.4 Å². The average Bonchev–Trinajstić information content (AvgIpc) is 2.65. The van der Waals surface area contributed by atoms with Crippen LogP contribution in [0, 0.1) is 0 Å². The molecule has 26 heavy (non-hydrogen) atoms. The maximum Gasteiger partial charge on any atom is 0.344 e. The molecule has 4 heteroatoms. The Morgan fingerprint density at radius 3 is 1.85 bits per heavy atom. The number of carboxylic acid groups (broad SMARTS) is 1. The number of hydrogen-bond donors (Lipinski definition) is 1. The van der Waals surface area contributed by atoms with Crippen molar-refractivity contribution in [1.29, 1.82) is 0 Å². The number of unbranched alkanes of at least 4 members (excludes halogenated alkanes) is 9. The quantitative estimate of drug-likeness (QED) is 0.353. The fraction of sp³-hybridized carbons (Fsp3) is 0.682. The second-order valence-electron chi connectivity index (χ2n) is 6.85. The maximum absolute atomic E-state index is 11.0. The molecule has 1 aromatic carbocycles. The maximum atomic E-state index is 11.0. The third kappa shape index (κ3) is 10.3. The SMILES string of the molecule is CCCCCCCCCCCCOc1ccc(OC(CC)C(=O)O)cc1. The second kappa shape index (κ2) is 14.5. The molecule has 0 saturated carbocycles. The van der Waals surface area contributed by atoms with Gasteiger partial charge in [0.2, 0.25) is 0 Å². The zero-order valence-electron chi connectivity index (χ0n) is 16.5. The Morgan fingerprint density at radius 2 is 1.35 bits per heavy atom. The normalized spacial score (nSPS) is 11.9. The molecule has 0 radical (unpaired) electrons. The van der Waals surface area contributed by atoms with E-state index in [4.69, 9.17) is 14.6 Å². The molecule has 4 nitrogen and oxygen atoms in total. The molecule has 0 fully saturated rings. The van der Waals surface area contributed by atoms with Crippen LogP contribution in [0.3, 0.4) is 0 Å². The van der Waals surface area contributed by atoms with Crippen LogP contribution in [0.25, 0.3) is 0 Å². The molecule has 0 heterocycles. The third-order valence-corrected chi connectivity index (χ3v) is 4.51. The number of carboxylic acids is 1. The van der Waals surface area contributed by atoms with Crippen LogP contribution in [0.4, 0.5) is 0 Å². The second-order valence-corrected chi connectivity index (χ2v) is 6.85. The van der Waals surface area contributed by atoms with Gasteiger partial charge in [-0.05, 0) is 37.1 Å². The molecule has 0 aliphatic heterocycles. The summed E-state index contributed by atoms with van der Waals surface area (Å²) in [6, 6.07) is 7.19. The highest BCUT2D eigenvalue weighted by Crippen LogP contribution is 2.20. The van der Waals surface area contributed by atoms with E-state index >= 15 is 0 Å². The van der Waals surface area contributed by atoms with E-state index in [0.29, 0.717) is 12.2 Å². The van der Waals surface area contributed by atoms with E-state index in [-0.39, 0.29) is 0 Å². The van der Waals surface area contributed by atoms with Gasteiger partial charge in [-0.25, -0.2) is 4.79 Å². The van der Waals surface area contributed by atoms with Crippen molar-refractivity contribution in [1.82, 2.24) is 0 Å². The van der Waals surface area contributed by atoms with Gasteiger partial charge in [0.15, 0.2) is 6.10 Å². The largest absolute Gasteiger partial charge is 0.494 e. The van der Waals surface area contributed by atoms with E-state index in [1.54, 1.807) is 19.1 Å². The number of carbonyl (C=O) groups is 1. The van der Waals surface area contributed by atoms with Gasteiger partial charge < -0.3 is 14.6 Å². The number of aliphatic carboxylic acids is 1. The van der Waals surface area contributed by atoms with Crippen LogP contribution in [-0.2, 0) is 4.79 Å². The van der Waals surface area contributed by atoms with Crippen LogP contribution in [-0.4, -0.2) is 23.8 Å². The Balaban J connectivity index is 2.06. The number of benzene rings is 1. The summed E-state index contributed by atoms with van der Waals surface area (Å²) in [6.07, 6.45) is 12.8. The minimum atomic E-state index is -0.936. The van der Waals surface area contributed by atoms with E-state index in [1.807, 2.05) is 12.1 Å². The van der Waals surface area contributed by atoms with Crippen molar-refractivity contribution in [3.05, 3.63) is 24.3 Å². The van der Waals surface area contributed by atoms with Crippen molar-refractivity contribution in [3.63, 3.8) is 0 Å². The van der Waals surface area contributed by atoms with Gasteiger partial charge in [0.05, 0.1) is 6.61 Å². The Labute approximate surface area is 158 Å². The fourth-order valence-electron chi connectivity index (χ4n) is 2.87. The first kappa shape index (κ1) is 22.3. The first-order chi connectivity index (χ1) is 12.7. The van der Waals surface area contributed by atoms with E-state index in [0.717, 1.165) is 18.8 Å². The first-order valence-electron chi connectivity index (χ1n) is 10.3. The van der Waals surface area contributed by atoms with Crippen LogP contribution in [0.5, 0.6) is 11.5 Å². The highest BCUT2D eigenvalue weighted by molar-refractivity contribution is 5.72. The predicted octanol–water partition coefficient (Wildman–Crippen LogP) is 6.23. The van der Waals surface area contributed by atoms with Gasteiger partial charge in [-0.15, -0.1) is 0 Å². The van der Waals surface area contributed by atoms with Crippen molar-refractivity contribution in [3.8, 4) is 11.5 Å². The molecule has 1 N–H and O–H groups in total. The Bertz CT molecular complexity index is 470. The van der Waals surface area contributed by atoms with Crippen LogP contribution >= 0.6 is 0 Å². The molecule has 0 aliphatic carbocycles. The van der Waals surface area contributed by atoms with Gasteiger partial charge in [0.1, 0.15) is 11.5 Å². The first-order valence-corrected chi connectivity index (χ1v) is 10.3. The molecule has 0 saturated heterocycles. The molecule has 0 aromatic heterocycles. The van der Waals surface area contributed by atoms with Gasteiger partial charge in [-0.1, -0.05) is 71.6 Å². The van der Waals surface area contributed by atoms with Gasteiger partial charge >= 0.3 is 5.97 Å². The lowest BCUT2D eigenvalue weighted by atomic mass is 10.1. The topological polar surface area (TPSA) is 55.8 Å². The van der Waals surface area contributed by atoms with Crippen molar-refractivity contribution in [2.45, 2.75) is 90.6 Å². The van der Waals surface area contributed by atoms with Crippen LogP contribution in [0.15, 0.2) is 24.3 Å². The predicted molar refractivity (Wildman–Crippen MR) is 106 cm³/mol. The zero-order chi connectivity index (χ0) is 19.0. The smallest absolute Gasteiger partial charge is 0.344 e. The van der Waals surface area contributed by atoms with Crippen LogP contribution < -0.4 is 9.47 Å². The highest BCUT2D eigenvalue weighted by Gasteiger charge is 2.16. The van der Waals surface area contributed by atoms with Gasteiger partial charge in [0, 0.05) is 0 Å². The number of rotatable bonds is 16. The number of ether oxygens (including phenoxy) is 2. The van der Waals surface area contributed by atoms with E-state index in [9.17, 15) is 4.79 Å². The lowest BCUT2D eigenvalue weighted by molar-refractivity contribution is -0.145. The molecule has 0 aliphatic rings. The summed E-state index contributed by atoms with van der Waals surface area (Å²) in [6.45, 7) is 4.78. The van der Waals surface area contributed by atoms with E-state index in [1.165, 1.54) is 57.8 Å². The summed E-state index contributed by atoms with van der Waals surface area (Å²) < 4.78 is 11.2. The fourth-order valence-corrected chi connectivity index (χ4v) is 2.87. The van der Waals surface area contributed by atoms with Gasteiger partial charge in [-0.2, -0.15) is 0 Å². The molecule has 1 atom stereocenters. The van der Waals surface area contributed by atoms with E-state index < -0.39 is 12.1 Å². The zero-order valence-corrected chi connectivity index (χ0v) is 16.5. The summed E-state index contributed by atoms with van der Waals surface area (Å²) in [4.78, 5) is 11.0. The molecule has 1 unspecified atom stereocenters. The highest BCUT2D eigenvalue weighted by atomic mass is 16.5. The van der Waals surface area contributed by atoms with Crippen LogP contribution in [0.2, 0.25) is 0 Å². The summed E-state index contributed by atoms with van der Waals surface area (Å²) in [7, 11) is 0.